The molecule has 0 aromatic heterocycles. The predicted molar refractivity (Wildman–Crippen MR) is 64.2 cm³/mol. The highest BCUT2D eigenvalue weighted by Crippen LogP contribution is 2.07. The normalized spacial score (nSPS) is 10.6. The quantitative estimate of drug-likeness (QED) is 0.249. The number of hydrogen-bond acceptors (Lipinski definition) is 3. The molecule has 0 N–H and O–H groups in total. The molecule has 0 saturated carbocycles. The van der Waals surface area contributed by atoms with Gasteiger partial charge in [0, 0.05) is 6.42 Å². The van der Waals surface area contributed by atoms with Gasteiger partial charge < -0.3 is 4.74 Å². The first-order valence-electron chi connectivity index (χ1n) is 6.07. The molecule has 3 nitrogen and oxygen atoms in total. The minimum absolute atomic E-state index is 0.0867. The zero-order valence-electron chi connectivity index (χ0n) is 10.1. The van der Waals surface area contributed by atoms with Gasteiger partial charge in [-0.2, -0.15) is 0 Å². The average molecular weight is 226 g/mol. The minimum atomic E-state index is -0.0867. The molecule has 0 amide bonds. The highest BCUT2D eigenvalue weighted by atomic mass is 16.5. The van der Waals surface area contributed by atoms with Crippen molar-refractivity contribution in [3.05, 3.63) is 12.2 Å². The zero-order chi connectivity index (χ0) is 12.1. The van der Waals surface area contributed by atoms with Gasteiger partial charge in [0.2, 0.25) is 0 Å². The second kappa shape index (κ2) is 12.0. The SMILES string of the molecule is CCOC(=O)CCCCCCCC=CC=O. The topological polar surface area (TPSA) is 43.4 Å². The van der Waals surface area contributed by atoms with Gasteiger partial charge in [-0.15, -0.1) is 0 Å². The molecule has 3 heteroatoms. The van der Waals surface area contributed by atoms with E-state index in [1.54, 1.807) is 6.08 Å². The van der Waals surface area contributed by atoms with Crippen LogP contribution in [0.5, 0.6) is 0 Å². The number of unbranched alkanes of at least 4 members (excludes halogenated alkanes) is 5. The molecule has 0 spiro atoms. The fourth-order valence-corrected chi connectivity index (χ4v) is 1.45. The summed E-state index contributed by atoms with van der Waals surface area (Å²) >= 11 is 0. The summed E-state index contributed by atoms with van der Waals surface area (Å²) in [5, 5.41) is 0. The van der Waals surface area contributed by atoms with Crippen molar-refractivity contribution in [3.8, 4) is 0 Å². The molecule has 0 aliphatic rings. The smallest absolute Gasteiger partial charge is 0.305 e. The first kappa shape index (κ1) is 14.9. The number of carbonyl (C=O) groups excluding carboxylic acids is 2. The molecule has 0 aliphatic heterocycles. The van der Waals surface area contributed by atoms with Gasteiger partial charge in [0.15, 0.2) is 0 Å². The summed E-state index contributed by atoms with van der Waals surface area (Å²) in [6.07, 6.45) is 11.2. The summed E-state index contributed by atoms with van der Waals surface area (Å²) in [5.74, 6) is -0.0867. The number of aldehydes is 1. The van der Waals surface area contributed by atoms with Crippen LogP contribution in [0.4, 0.5) is 0 Å². The van der Waals surface area contributed by atoms with Crippen LogP contribution in [-0.4, -0.2) is 18.9 Å². The van der Waals surface area contributed by atoms with Crippen LogP contribution < -0.4 is 0 Å². The second-order valence-electron chi connectivity index (χ2n) is 3.68. The van der Waals surface area contributed by atoms with E-state index in [2.05, 4.69) is 0 Å². The van der Waals surface area contributed by atoms with E-state index in [1.807, 2.05) is 13.0 Å². The molecule has 0 atom stereocenters. The predicted octanol–water partition coefficient (Wildman–Crippen LogP) is 3.04. The number of rotatable bonds is 10. The first-order chi connectivity index (χ1) is 7.81. The average Bonchev–Trinajstić information content (AvgIpc) is 2.27. The lowest BCUT2D eigenvalue weighted by molar-refractivity contribution is -0.143. The Morgan fingerprint density at radius 1 is 1.12 bits per heavy atom. The van der Waals surface area contributed by atoms with Gasteiger partial charge in [-0.25, -0.2) is 0 Å². The maximum absolute atomic E-state index is 11.0. The van der Waals surface area contributed by atoms with Gasteiger partial charge in [-0.3, -0.25) is 9.59 Å². The lowest BCUT2D eigenvalue weighted by Crippen LogP contribution is -2.03. The molecule has 0 unspecified atom stereocenters. The second-order valence-corrected chi connectivity index (χ2v) is 3.68. The Labute approximate surface area is 97.9 Å². The van der Waals surface area contributed by atoms with Crippen LogP contribution in [-0.2, 0) is 14.3 Å². The molecule has 0 radical (unpaired) electrons. The van der Waals surface area contributed by atoms with E-state index in [0.29, 0.717) is 13.0 Å². The van der Waals surface area contributed by atoms with Gasteiger partial charge in [0.1, 0.15) is 6.29 Å². The number of ether oxygens (including phenoxy) is 1. The molecular formula is C13H22O3. The van der Waals surface area contributed by atoms with Crippen LogP contribution in [0.3, 0.4) is 0 Å². The van der Waals surface area contributed by atoms with Crippen LogP contribution in [0, 0.1) is 0 Å². The van der Waals surface area contributed by atoms with Gasteiger partial charge in [0.25, 0.3) is 0 Å². The van der Waals surface area contributed by atoms with E-state index in [4.69, 9.17) is 4.74 Å². The lowest BCUT2D eigenvalue weighted by atomic mass is 10.1. The van der Waals surface area contributed by atoms with Gasteiger partial charge >= 0.3 is 5.97 Å². The van der Waals surface area contributed by atoms with Gasteiger partial charge in [0.05, 0.1) is 6.61 Å². The molecule has 0 rings (SSSR count). The molecule has 92 valence electrons. The monoisotopic (exact) mass is 226 g/mol. The van der Waals surface area contributed by atoms with E-state index in [0.717, 1.165) is 44.8 Å². The Balaban J connectivity index is 3.12. The third-order valence-corrected chi connectivity index (χ3v) is 2.27. The molecular weight excluding hydrogens is 204 g/mol. The van der Waals surface area contributed by atoms with Crippen molar-refractivity contribution in [2.24, 2.45) is 0 Å². The Morgan fingerprint density at radius 2 is 1.81 bits per heavy atom. The Kier molecular flexibility index (Phi) is 11.1. The van der Waals surface area contributed by atoms with Crippen LogP contribution in [0.1, 0.15) is 51.9 Å². The summed E-state index contributed by atoms with van der Waals surface area (Å²) < 4.78 is 4.83. The highest BCUT2D eigenvalue weighted by molar-refractivity contribution is 5.69. The lowest BCUT2D eigenvalue weighted by Gasteiger charge is -2.01. The van der Waals surface area contributed by atoms with E-state index >= 15 is 0 Å². The fraction of sp³-hybridized carbons (Fsp3) is 0.692. The summed E-state index contributed by atoms with van der Waals surface area (Å²) in [5.41, 5.74) is 0. The third kappa shape index (κ3) is 11.0. The Bertz CT molecular complexity index is 209. The maximum Gasteiger partial charge on any atom is 0.305 e. The highest BCUT2D eigenvalue weighted by Gasteiger charge is 1.99. The molecule has 16 heavy (non-hydrogen) atoms. The molecule has 0 saturated heterocycles. The van der Waals surface area contributed by atoms with Crippen LogP contribution in [0.15, 0.2) is 12.2 Å². The Hall–Kier alpha value is -1.12. The Morgan fingerprint density at radius 3 is 2.50 bits per heavy atom. The van der Waals surface area contributed by atoms with Crippen molar-refractivity contribution in [3.63, 3.8) is 0 Å². The summed E-state index contributed by atoms with van der Waals surface area (Å²) in [6, 6.07) is 0. The zero-order valence-corrected chi connectivity index (χ0v) is 10.1. The van der Waals surface area contributed by atoms with Crippen LogP contribution in [0.2, 0.25) is 0 Å². The van der Waals surface area contributed by atoms with Crippen molar-refractivity contribution in [2.45, 2.75) is 51.9 Å². The molecule has 0 fully saturated rings. The van der Waals surface area contributed by atoms with Crippen molar-refractivity contribution >= 4 is 12.3 Å². The number of esters is 1. The molecule has 0 aliphatic carbocycles. The van der Waals surface area contributed by atoms with Crippen molar-refractivity contribution < 1.29 is 14.3 Å². The summed E-state index contributed by atoms with van der Waals surface area (Å²) in [4.78, 5) is 21.0. The maximum atomic E-state index is 11.0. The molecule has 0 aromatic rings. The summed E-state index contributed by atoms with van der Waals surface area (Å²) in [7, 11) is 0. The van der Waals surface area contributed by atoms with E-state index in [-0.39, 0.29) is 5.97 Å². The van der Waals surface area contributed by atoms with E-state index in [9.17, 15) is 9.59 Å². The molecule has 0 heterocycles. The van der Waals surface area contributed by atoms with Gasteiger partial charge in [-0.1, -0.05) is 25.3 Å². The van der Waals surface area contributed by atoms with Crippen LogP contribution in [0.25, 0.3) is 0 Å². The third-order valence-electron chi connectivity index (χ3n) is 2.27. The largest absolute Gasteiger partial charge is 0.466 e. The number of carbonyl (C=O) groups is 2. The minimum Gasteiger partial charge on any atom is -0.466 e. The fourth-order valence-electron chi connectivity index (χ4n) is 1.45. The van der Waals surface area contributed by atoms with E-state index in [1.165, 1.54) is 0 Å². The standard InChI is InChI=1S/C13H22O3/c1-2-16-13(15)11-9-7-5-3-4-6-8-10-12-14/h8,10,12H,2-7,9,11H2,1H3. The summed E-state index contributed by atoms with van der Waals surface area (Å²) in [6.45, 7) is 2.30. The number of hydrogen-bond donors (Lipinski definition) is 0. The molecule has 0 aromatic carbocycles. The van der Waals surface area contributed by atoms with Crippen molar-refractivity contribution in [1.29, 1.82) is 0 Å². The van der Waals surface area contributed by atoms with Crippen molar-refractivity contribution in [1.82, 2.24) is 0 Å². The van der Waals surface area contributed by atoms with Crippen LogP contribution >= 0.6 is 0 Å². The van der Waals surface area contributed by atoms with Crippen molar-refractivity contribution in [2.75, 3.05) is 6.61 Å². The van der Waals surface area contributed by atoms with E-state index < -0.39 is 0 Å². The first-order valence-corrected chi connectivity index (χ1v) is 6.07. The molecule has 0 bridgehead atoms. The van der Waals surface area contributed by atoms with Gasteiger partial charge in [-0.05, 0) is 32.3 Å². The number of allylic oxidation sites excluding steroid dienone is 2.